The first-order valence-corrected chi connectivity index (χ1v) is 9.52. The molecule has 0 N–H and O–H groups in total. The molecule has 0 aliphatic heterocycles. The van der Waals surface area contributed by atoms with E-state index in [0.29, 0.717) is 23.2 Å². The Morgan fingerprint density at radius 3 is 2.79 bits per heavy atom. The summed E-state index contributed by atoms with van der Waals surface area (Å²) in [6.07, 6.45) is 0.0134. The Morgan fingerprint density at radius 1 is 1.14 bits per heavy atom. The summed E-state index contributed by atoms with van der Waals surface area (Å²) in [4.78, 5) is 21.8. The second kappa shape index (κ2) is 7.77. The fourth-order valence-electron chi connectivity index (χ4n) is 2.67. The molecule has 7 nitrogen and oxygen atoms in total. The van der Waals surface area contributed by atoms with Gasteiger partial charge in [0.1, 0.15) is 5.76 Å². The number of aromatic nitrogens is 3. The number of ether oxygens (including phenoxy) is 1. The summed E-state index contributed by atoms with van der Waals surface area (Å²) < 4.78 is 16.1. The number of thiophene rings is 1. The van der Waals surface area contributed by atoms with Gasteiger partial charge in [-0.05, 0) is 30.9 Å². The molecule has 0 radical (unpaired) electrons. The minimum absolute atomic E-state index is 0.0134. The lowest BCUT2D eigenvalue weighted by molar-refractivity contribution is -0.145. The summed E-state index contributed by atoms with van der Waals surface area (Å²) in [6, 6.07) is 11.6. The van der Waals surface area contributed by atoms with E-state index in [2.05, 4.69) is 15.1 Å². The van der Waals surface area contributed by atoms with E-state index in [1.54, 1.807) is 6.92 Å². The summed E-state index contributed by atoms with van der Waals surface area (Å²) in [5.74, 6) is 1.37. The van der Waals surface area contributed by atoms with Gasteiger partial charge in [-0.15, -0.1) is 11.3 Å². The highest BCUT2D eigenvalue weighted by Gasteiger charge is 2.17. The highest BCUT2D eigenvalue weighted by atomic mass is 32.1. The largest absolute Gasteiger partial charge is 0.455 e. The van der Waals surface area contributed by atoms with Crippen molar-refractivity contribution in [3.8, 4) is 22.2 Å². The first-order chi connectivity index (χ1) is 13.6. The van der Waals surface area contributed by atoms with Crippen molar-refractivity contribution < 1.29 is 18.5 Å². The zero-order chi connectivity index (χ0) is 19.5. The Bertz CT molecular complexity index is 1100. The Balaban J connectivity index is 1.37. The number of carbonyl (C=O) groups excluding carboxylic acids is 1. The minimum Gasteiger partial charge on any atom is -0.455 e. The summed E-state index contributed by atoms with van der Waals surface area (Å²) >= 11 is 1.53. The normalized spacial score (nSPS) is 10.9. The first kappa shape index (κ1) is 18.1. The molecular formula is C20H17N3O4S. The number of nitrogens with zero attached hydrogens (tertiary/aromatic N) is 3. The molecule has 0 fully saturated rings. The van der Waals surface area contributed by atoms with Crippen molar-refractivity contribution >= 4 is 17.3 Å². The van der Waals surface area contributed by atoms with E-state index in [9.17, 15) is 4.79 Å². The van der Waals surface area contributed by atoms with Crippen LogP contribution in [0.5, 0.6) is 0 Å². The molecule has 0 saturated carbocycles. The van der Waals surface area contributed by atoms with Crippen molar-refractivity contribution in [1.29, 1.82) is 0 Å². The van der Waals surface area contributed by atoms with Crippen molar-refractivity contribution in [3.63, 3.8) is 0 Å². The van der Waals surface area contributed by atoms with Crippen molar-refractivity contribution in [3.05, 3.63) is 64.7 Å². The van der Waals surface area contributed by atoms with E-state index >= 15 is 0 Å². The third kappa shape index (κ3) is 3.86. The molecule has 3 heterocycles. The molecule has 0 unspecified atom stereocenters. The van der Waals surface area contributed by atoms with Gasteiger partial charge in [-0.1, -0.05) is 35.5 Å². The number of esters is 1. The van der Waals surface area contributed by atoms with Crippen LogP contribution in [0.1, 0.15) is 22.9 Å². The van der Waals surface area contributed by atoms with Gasteiger partial charge in [0.05, 0.1) is 17.0 Å². The van der Waals surface area contributed by atoms with Crippen LogP contribution in [0.4, 0.5) is 0 Å². The Labute approximate surface area is 165 Å². The summed E-state index contributed by atoms with van der Waals surface area (Å²) in [5, 5.41) is 5.89. The number of aryl methyl sites for hydroxylation is 2. The number of hydrogen-bond acceptors (Lipinski definition) is 8. The lowest BCUT2D eigenvalue weighted by Crippen LogP contribution is -2.09. The monoisotopic (exact) mass is 395 g/mol. The molecule has 4 aromatic rings. The van der Waals surface area contributed by atoms with Crippen LogP contribution < -0.4 is 0 Å². The van der Waals surface area contributed by atoms with Crippen LogP contribution in [-0.2, 0) is 22.6 Å². The molecule has 8 heteroatoms. The Morgan fingerprint density at radius 2 is 2.00 bits per heavy atom. The lowest BCUT2D eigenvalue weighted by atomic mass is 10.1. The molecular weight excluding hydrogens is 378 g/mol. The van der Waals surface area contributed by atoms with Crippen molar-refractivity contribution in [1.82, 2.24) is 15.1 Å². The van der Waals surface area contributed by atoms with Crippen LogP contribution in [-0.4, -0.2) is 21.1 Å². The van der Waals surface area contributed by atoms with Crippen LogP contribution in [0.15, 0.2) is 50.7 Å². The maximum absolute atomic E-state index is 12.2. The molecule has 1 aromatic carbocycles. The molecule has 142 valence electrons. The van der Waals surface area contributed by atoms with Crippen LogP contribution in [0.2, 0.25) is 0 Å². The number of benzene rings is 1. The lowest BCUT2D eigenvalue weighted by Gasteiger charge is -2.00. The van der Waals surface area contributed by atoms with Gasteiger partial charge in [-0.25, -0.2) is 4.98 Å². The van der Waals surface area contributed by atoms with Gasteiger partial charge >= 0.3 is 5.97 Å². The van der Waals surface area contributed by atoms with Crippen molar-refractivity contribution in [2.24, 2.45) is 0 Å². The summed E-state index contributed by atoms with van der Waals surface area (Å²) in [6.45, 7) is 3.65. The van der Waals surface area contributed by atoms with Gasteiger partial charge in [0.15, 0.2) is 6.61 Å². The topological polar surface area (TPSA) is 91.2 Å². The predicted molar refractivity (Wildman–Crippen MR) is 103 cm³/mol. The summed E-state index contributed by atoms with van der Waals surface area (Å²) in [7, 11) is 0. The van der Waals surface area contributed by atoms with Gasteiger partial charge in [0, 0.05) is 5.56 Å². The smallest absolute Gasteiger partial charge is 0.312 e. The van der Waals surface area contributed by atoms with Crippen molar-refractivity contribution in [2.45, 2.75) is 26.9 Å². The third-order valence-corrected chi connectivity index (χ3v) is 5.00. The summed E-state index contributed by atoms with van der Waals surface area (Å²) in [5.41, 5.74) is 2.47. The van der Waals surface area contributed by atoms with Crippen molar-refractivity contribution in [2.75, 3.05) is 0 Å². The second-order valence-corrected chi connectivity index (χ2v) is 7.11. The molecule has 0 bridgehead atoms. The zero-order valence-corrected chi connectivity index (χ0v) is 16.2. The van der Waals surface area contributed by atoms with E-state index in [1.807, 2.05) is 48.7 Å². The Hall–Kier alpha value is -3.26. The van der Waals surface area contributed by atoms with Gasteiger partial charge in [-0.2, -0.15) is 4.98 Å². The number of carbonyl (C=O) groups is 1. The van der Waals surface area contributed by atoms with E-state index in [1.165, 1.54) is 11.3 Å². The number of hydrogen-bond donors (Lipinski definition) is 0. The molecule has 0 aliphatic rings. The fraction of sp³-hybridized carbons (Fsp3) is 0.200. The SMILES string of the molecule is Cc1ccccc1-c1noc(COC(=O)Cc2nc(-c3cccs3)oc2C)n1. The molecule has 0 spiro atoms. The third-order valence-electron chi connectivity index (χ3n) is 4.15. The van der Waals surface area contributed by atoms with Crippen LogP contribution in [0, 0.1) is 13.8 Å². The number of rotatable bonds is 6. The first-order valence-electron chi connectivity index (χ1n) is 8.64. The van der Waals surface area contributed by atoms with Crippen LogP contribution in [0.3, 0.4) is 0 Å². The van der Waals surface area contributed by atoms with Gasteiger partial charge in [0.25, 0.3) is 5.89 Å². The fourth-order valence-corrected chi connectivity index (χ4v) is 3.32. The molecule has 28 heavy (non-hydrogen) atoms. The highest BCUT2D eigenvalue weighted by Crippen LogP contribution is 2.26. The van der Waals surface area contributed by atoms with Crippen LogP contribution in [0.25, 0.3) is 22.2 Å². The minimum atomic E-state index is -0.440. The molecule has 0 aliphatic carbocycles. The predicted octanol–water partition coefficient (Wildman–Crippen LogP) is 4.36. The van der Waals surface area contributed by atoms with Gasteiger partial charge in [-0.3, -0.25) is 4.79 Å². The maximum Gasteiger partial charge on any atom is 0.312 e. The molecule has 0 atom stereocenters. The molecule has 0 saturated heterocycles. The average Bonchev–Trinajstić information content (AvgIpc) is 3.42. The Kier molecular flexibility index (Phi) is 5.03. The van der Waals surface area contributed by atoms with E-state index in [0.717, 1.165) is 16.0 Å². The standard InChI is InChI=1S/C20H17N3O4S/c1-12-6-3-4-7-14(12)19-22-17(27-23-19)11-25-18(24)10-15-13(2)26-20(21-15)16-8-5-9-28-16/h3-9H,10-11H2,1-2H3. The highest BCUT2D eigenvalue weighted by molar-refractivity contribution is 7.13. The number of oxazole rings is 1. The molecule has 0 amide bonds. The second-order valence-electron chi connectivity index (χ2n) is 6.16. The van der Waals surface area contributed by atoms with E-state index in [-0.39, 0.29) is 18.9 Å². The quantitative estimate of drug-likeness (QED) is 0.448. The van der Waals surface area contributed by atoms with Gasteiger partial charge in [0.2, 0.25) is 11.7 Å². The van der Waals surface area contributed by atoms with Crippen LogP contribution >= 0.6 is 11.3 Å². The van der Waals surface area contributed by atoms with Gasteiger partial charge < -0.3 is 13.7 Å². The maximum atomic E-state index is 12.2. The molecule has 4 rings (SSSR count). The zero-order valence-electron chi connectivity index (χ0n) is 15.3. The average molecular weight is 395 g/mol. The van der Waals surface area contributed by atoms with E-state index < -0.39 is 5.97 Å². The molecule has 3 aromatic heterocycles. The van der Waals surface area contributed by atoms with E-state index in [4.69, 9.17) is 13.7 Å².